The van der Waals surface area contributed by atoms with Crippen molar-refractivity contribution >= 4 is 11.8 Å². The van der Waals surface area contributed by atoms with E-state index in [1.54, 1.807) is 30.3 Å². The molecule has 2 aromatic rings. The van der Waals surface area contributed by atoms with Crippen molar-refractivity contribution < 1.29 is 18.7 Å². The molecular formula is C18H19FN2O3. The molecule has 3 N–H and O–H groups in total. The van der Waals surface area contributed by atoms with Crippen molar-refractivity contribution in [3.8, 4) is 0 Å². The average molecular weight is 330 g/mol. The third-order valence-electron chi connectivity index (χ3n) is 3.56. The van der Waals surface area contributed by atoms with Gasteiger partial charge in [0.25, 0.3) is 5.91 Å². The van der Waals surface area contributed by atoms with Crippen molar-refractivity contribution in [3.63, 3.8) is 0 Å². The summed E-state index contributed by atoms with van der Waals surface area (Å²) in [5, 5.41) is 2.57. The standard InChI is InChI=1S/C18H19FN2O3/c1-24-16(13-7-3-2-4-8-13)18(23)21-15(17(20)22)11-12-6-5-9-14(19)10-12/h2-10,15-16H,11H2,1H3,(H2,20,22)(H,21,23)/t15-,16-/m0/s1. The smallest absolute Gasteiger partial charge is 0.254 e. The maximum atomic E-state index is 13.3. The van der Waals surface area contributed by atoms with Gasteiger partial charge in [-0.3, -0.25) is 9.59 Å². The van der Waals surface area contributed by atoms with Crippen molar-refractivity contribution in [2.75, 3.05) is 7.11 Å². The Morgan fingerprint density at radius 1 is 1.17 bits per heavy atom. The minimum Gasteiger partial charge on any atom is -0.368 e. The van der Waals surface area contributed by atoms with E-state index in [-0.39, 0.29) is 6.42 Å². The zero-order valence-corrected chi connectivity index (χ0v) is 13.2. The summed E-state index contributed by atoms with van der Waals surface area (Å²) in [4.78, 5) is 24.1. The molecule has 0 saturated heterocycles. The summed E-state index contributed by atoms with van der Waals surface area (Å²) in [5.74, 6) is -1.60. The molecule has 0 radical (unpaired) electrons. The number of hydrogen-bond acceptors (Lipinski definition) is 3. The van der Waals surface area contributed by atoms with Crippen LogP contribution in [0.15, 0.2) is 54.6 Å². The molecule has 0 heterocycles. The topological polar surface area (TPSA) is 81.4 Å². The second kappa shape index (κ2) is 8.21. The maximum absolute atomic E-state index is 13.3. The first-order chi connectivity index (χ1) is 11.5. The molecule has 0 aromatic heterocycles. The lowest BCUT2D eigenvalue weighted by molar-refractivity contribution is -0.134. The highest BCUT2D eigenvalue weighted by Crippen LogP contribution is 2.17. The molecule has 2 aromatic carbocycles. The van der Waals surface area contributed by atoms with Crippen LogP contribution >= 0.6 is 0 Å². The summed E-state index contributed by atoms with van der Waals surface area (Å²) in [5.41, 5.74) is 6.58. The summed E-state index contributed by atoms with van der Waals surface area (Å²) < 4.78 is 18.5. The molecule has 2 atom stereocenters. The summed E-state index contributed by atoms with van der Waals surface area (Å²) in [6, 6.07) is 13.7. The second-order valence-electron chi connectivity index (χ2n) is 5.32. The fraction of sp³-hybridized carbons (Fsp3) is 0.222. The van der Waals surface area contributed by atoms with Crippen LogP contribution in [-0.2, 0) is 20.7 Å². The number of carbonyl (C=O) groups excluding carboxylic acids is 2. The van der Waals surface area contributed by atoms with Crippen LogP contribution in [0, 0.1) is 5.82 Å². The van der Waals surface area contributed by atoms with Gasteiger partial charge in [0.15, 0.2) is 6.10 Å². The number of rotatable bonds is 7. The van der Waals surface area contributed by atoms with Gasteiger partial charge in [-0.15, -0.1) is 0 Å². The molecule has 2 amide bonds. The fourth-order valence-corrected chi connectivity index (χ4v) is 2.39. The van der Waals surface area contributed by atoms with Crippen molar-refractivity contribution in [3.05, 3.63) is 71.5 Å². The summed E-state index contributed by atoms with van der Waals surface area (Å²) >= 11 is 0. The molecule has 0 unspecified atom stereocenters. The molecule has 6 heteroatoms. The molecular weight excluding hydrogens is 311 g/mol. The van der Waals surface area contributed by atoms with Gasteiger partial charge in [-0.2, -0.15) is 0 Å². The molecule has 2 rings (SSSR count). The highest BCUT2D eigenvalue weighted by Gasteiger charge is 2.25. The molecule has 0 aliphatic rings. The van der Waals surface area contributed by atoms with E-state index in [2.05, 4.69) is 5.32 Å². The molecule has 0 spiro atoms. The van der Waals surface area contributed by atoms with E-state index in [1.165, 1.54) is 25.3 Å². The normalized spacial score (nSPS) is 13.1. The molecule has 0 aliphatic carbocycles. The Balaban J connectivity index is 2.11. The Hall–Kier alpha value is -2.73. The van der Waals surface area contributed by atoms with Gasteiger partial charge in [-0.1, -0.05) is 42.5 Å². The van der Waals surface area contributed by atoms with Crippen LogP contribution in [0.2, 0.25) is 0 Å². The van der Waals surface area contributed by atoms with Crippen LogP contribution in [0.1, 0.15) is 17.2 Å². The zero-order chi connectivity index (χ0) is 17.5. The Morgan fingerprint density at radius 2 is 1.88 bits per heavy atom. The number of benzene rings is 2. The first kappa shape index (κ1) is 17.6. The zero-order valence-electron chi connectivity index (χ0n) is 13.2. The number of nitrogens with one attached hydrogen (secondary N) is 1. The molecule has 0 fully saturated rings. The van der Waals surface area contributed by atoms with E-state index in [9.17, 15) is 14.0 Å². The maximum Gasteiger partial charge on any atom is 0.254 e. The number of hydrogen-bond donors (Lipinski definition) is 2. The van der Waals surface area contributed by atoms with E-state index in [4.69, 9.17) is 10.5 Å². The van der Waals surface area contributed by atoms with Crippen LogP contribution in [0.5, 0.6) is 0 Å². The average Bonchev–Trinajstić information content (AvgIpc) is 2.56. The van der Waals surface area contributed by atoms with Crippen molar-refractivity contribution in [1.82, 2.24) is 5.32 Å². The number of amides is 2. The van der Waals surface area contributed by atoms with Crippen LogP contribution < -0.4 is 11.1 Å². The molecule has 0 saturated carbocycles. The van der Waals surface area contributed by atoms with Crippen LogP contribution in [0.4, 0.5) is 4.39 Å². The van der Waals surface area contributed by atoms with Crippen molar-refractivity contribution in [2.45, 2.75) is 18.6 Å². The number of nitrogens with two attached hydrogens (primary N) is 1. The lowest BCUT2D eigenvalue weighted by atomic mass is 10.0. The lowest BCUT2D eigenvalue weighted by Crippen LogP contribution is -2.47. The first-order valence-electron chi connectivity index (χ1n) is 7.43. The summed E-state index contributed by atoms with van der Waals surface area (Å²) in [6.07, 6.45) is -0.759. The van der Waals surface area contributed by atoms with E-state index < -0.39 is 29.8 Å². The van der Waals surface area contributed by atoms with Crippen molar-refractivity contribution in [1.29, 1.82) is 0 Å². The Labute approximate surface area is 139 Å². The van der Waals surface area contributed by atoms with Gasteiger partial charge in [0.05, 0.1) is 0 Å². The van der Waals surface area contributed by atoms with Gasteiger partial charge in [0.1, 0.15) is 11.9 Å². The highest BCUT2D eigenvalue weighted by molar-refractivity contribution is 5.89. The molecule has 5 nitrogen and oxygen atoms in total. The number of primary amides is 1. The van der Waals surface area contributed by atoms with Crippen LogP contribution in [0.25, 0.3) is 0 Å². The summed E-state index contributed by atoms with van der Waals surface area (Å²) in [7, 11) is 1.41. The Kier molecular flexibility index (Phi) is 6.03. The van der Waals surface area contributed by atoms with E-state index in [0.717, 1.165) is 0 Å². The number of halogens is 1. The monoisotopic (exact) mass is 330 g/mol. The van der Waals surface area contributed by atoms with Crippen LogP contribution in [0.3, 0.4) is 0 Å². The molecule has 126 valence electrons. The van der Waals surface area contributed by atoms with E-state index >= 15 is 0 Å². The van der Waals surface area contributed by atoms with Crippen LogP contribution in [-0.4, -0.2) is 25.0 Å². The largest absolute Gasteiger partial charge is 0.368 e. The minimum absolute atomic E-state index is 0.101. The third kappa shape index (κ3) is 4.63. The SMILES string of the molecule is CO[C@H](C(=O)N[C@@H](Cc1cccc(F)c1)C(N)=O)c1ccccc1. The first-order valence-corrected chi connectivity index (χ1v) is 7.43. The lowest BCUT2D eigenvalue weighted by Gasteiger charge is -2.20. The predicted octanol–water partition coefficient (Wildman–Crippen LogP) is 1.73. The molecule has 24 heavy (non-hydrogen) atoms. The molecule has 0 aliphatic heterocycles. The van der Waals surface area contributed by atoms with Gasteiger partial charge >= 0.3 is 0 Å². The van der Waals surface area contributed by atoms with Crippen molar-refractivity contribution in [2.24, 2.45) is 5.73 Å². The van der Waals surface area contributed by atoms with Gasteiger partial charge in [0.2, 0.25) is 5.91 Å². The van der Waals surface area contributed by atoms with Gasteiger partial charge in [0, 0.05) is 13.5 Å². The number of carbonyl (C=O) groups is 2. The van der Waals surface area contributed by atoms with E-state index in [1.807, 2.05) is 6.07 Å². The van der Waals surface area contributed by atoms with E-state index in [0.29, 0.717) is 11.1 Å². The predicted molar refractivity (Wildman–Crippen MR) is 87.4 cm³/mol. The quantitative estimate of drug-likeness (QED) is 0.811. The fourth-order valence-electron chi connectivity index (χ4n) is 2.39. The third-order valence-corrected chi connectivity index (χ3v) is 3.56. The number of methoxy groups -OCH3 is 1. The second-order valence-corrected chi connectivity index (χ2v) is 5.32. The Bertz CT molecular complexity index is 706. The Morgan fingerprint density at radius 3 is 2.46 bits per heavy atom. The van der Waals surface area contributed by atoms with Gasteiger partial charge < -0.3 is 15.8 Å². The highest BCUT2D eigenvalue weighted by atomic mass is 19.1. The molecule has 0 bridgehead atoms. The minimum atomic E-state index is -0.958. The van der Waals surface area contributed by atoms with Gasteiger partial charge in [-0.25, -0.2) is 4.39 Å². The van der Waals surface area contributed by atoms with Gasteiger partial charge in [-0.05, 0) is 23.3 Å². The summed E-state index contributed by atoms with van der Waals surface area (Å²) in [6.45, 7) is 0. The number of ether oxygens (including phenoxy) is 1.